The number of fused-ring (bicyclic) bond motifs is 4. The number of halogens is 3. The smallest absolute Gasteiger partial charge is 0.416 e. The van der Waals surface area contributed by atoms with Crippen LogP contribution in [0.3, 0.4) is 0 Å². The van der Waals surface area contributed by atoms with E-state index >= 15 is 0 Å². The molecule has 0 spiro atoms. The maximum Gasteiger partial charge on any atom is 0.416 e. The molecule has 1 atom stereocenters. The van der Waals surface area contributed by atoms with Crippen LogP contribution in [0, 0.1) is 0 Å². The average molecular weight is 506 g/mol. The number of hydrogen-bond donors (Lipinski definition) is 2. The molecule has 1 aromatic heterocycles. The molecule has 3 aromatic carbocycles. The SMILES string of the molecule is CC1=C(C(=O)Nc2cccc(C(F)(F)F)c2)C(c2ccc3c(c2)OCCO3)n2c(nc3ccccc32)N1. The predicted octanol–water partition coefficient (Wildman–Crippen LogP) is 5.75. The van der Waals surface area contributed by atoms with Gasteiger partial charge in [-0.2, -0.15) is 13.2 Å². The van der Waals surface area contributed by atoms with Gasteiger partial charge in [0, 0.05) is 11.4 Å². The fourth-order valence-corrected chi connectivity index (χ4v) is 4.78. The maximum atomic E-state index is 13.7. The molecular formula is C27H21F3N4O3. The van der Waals surface area contributed by atoms with Crippen molar-refractivity contribution in [1.29, 1.82) is 0 Å². The quantitative estimate of drug-likeness (QED) is 0.370. The van der Waals surface area contributed by atoms with Crippen molar-refractivity contribution in [3.05, 3.63) is 89.1 Å². The summed E-state index contributed by atoms with van der Waals surface area (Å²) in [5.74, 6) is 1.18. The van der Waals surface area contributed by atoms with Crippen LogP contribution in [0.15, 0.2) is 78.0 Å². The Bertz CT molecular complexity index is 1570. The summed E-state index contributed by atoms with van der Waals surface area (Å²) in [6, 6.07) is 16.9. The zero-order valence-corrected chi connectivity index (χ0v) is 19.6. The van der Waals surface area contributed by atoms with E-state index in [1.165, 1.54) is 12.1 Å². The second kappa shape index (κ2) is 8.58. The molecule has 2 N–H and O–H groups in total. The Morgan fingerprint density at radius 2 is 1.81 bits per heavy atom. The normalized spacial score (nSPS) is 16.8. The Morgan fingerprint density at radius 1 is 1.03 bits per heavy atom. The molecule has 188 valence electrons. The number of imidazole rings is 1. The number of para-hydroxylation sites is 2. The minimum Gasteiger partial charge on any atom is -0.486 e. The lowest BCUT2D eigenvalue weighted by Crippen LogP contribution is -2.31. The summed E-state index contributed by atoms with van der Waals surface area (Å²) < 4.78 is 53.1. The molecule has 10 heteroatoms. The van der Waals surface area contributed by atoms with Crippen LogP contribution >= 0.6 is 0 Å². The molecule has 2 aliphatic rings. The monoisotopic (exact) mass is 506 g/mol. The standard InChI is InChI=1S/C27H21F3N4O3/c1-15-23(25(35)32-18-6-4-5-17(14-18)27(28,29)30)24(16-9-10-21-22(13-16)37-12-11-36-21)34-20-8-3-2-7-19(20)33-26(34)31-15/h2-10,13-14,24H,11-12H2,1H3,(H,31,33)(H,32,35). The lowest BCUT2D eigenvalue weighted by Gasteiger charge is -2.31. The van der Waals surface area contributed by atoms with E-state index in [1.807, 2.05) is 41.0 Å². The van der Waals surface area contributed by atoms with Gasteiger partial charge in [0.2, 0.25) is 5.95 Å². The van der Waals surface area contributed by atoms with Crippen molar-refractivity contribution < 1.29 is 27.4 Å². The first-order valence-corrected chi connectivity index (χ1v) is 11.6. The summed E-state index contributed by atoms with van der Waals surface area (Å²) in [7, 11) is 0. The van der Waals surface area contributed by atoms with E-state index in [0.29, 0.717) is 41.9 Å². The van der Waals surface area contributed by atoms with Crippen molar-refractivity contribution >= 4 is 28.6 Å². The first kappa shape index (κ1) is 23.0. The summed E-state index contributed by atoms with van der Waals surface area (Å²) in [6.45, 7) is 2.59. The van der Waals surface area contributed by atoms with Crippen LogP contribution in [0.1, 0.15) is 24.1 Å². The van der Waals surface area contributed by atoms with Crippen LogP contribution in [-0.2, 0) is 11.0 Å². The summed E-state index contributed by atoms with van der Waals surface area (Å²) in [5, 5.41) is 5.86. The Labute approximate surface area is 209 Å². The van der Waals surface area contributed by atoms with Crippen LogP contribution in [-0.4, -0.2) is 28.7 Å². The molecule has 1 unspecified atom stereocenters. The molecular weight excluding hydrogens is 485 g/mol. The number of rotatable bonds is 3. The first-order chi connectivity index (χ1) is 17.8. The molecule has 7 nitrogen and oxygen atoms in total. The fourth-order valence-electron chi connectivity index (χ4n) is 4.78. The van der Waals surface area contributed by atoms with Crippen LogP contribution in [0.2, 0.25) is 0 Å². The molecule has 4 aromatic rings. The molecule has 0 saturated heterocycles. The number of allylic oxidation sites excluding steroid dienone is 1. The molecule has 0 saturated carbocycles. The summed E-state index contributed by atoms with van der Waals surface area (Å²) >= 11 is 0. The number of benzene rings is 3. The summed E-state index contributed by atoms with van der Waals surface area (Å²) in [5.41, 5.74) is 2.34. The molecule has 0 radical (unpaired) electrons. The zero-order valence-electron chi connectivity index (χ0n) is 19.6. The van der Waals surface area contributed by atoms with E-state index in [4.69, 9.17) is 9.47 Å². The van der Waals surface area contributed by atoms with Gasteiger partial charge >= 0.3 is 6.18 Å². The molecule has 6 rings (SSSR count). The number of nitrogens with one attached hydrogen (secondary N) is 2. The van der Waals surface area contributed by atoms with Crippen LogP contribution in [0.25, 0.3) is 11.0 Å². The van der Waals surface area contributed by atoms with Gasteiger partial charge in [-0.3, -0.25) is 9.36 Å². The van der Waals surface area contributed by atoms with Gasteiger partial charge in [-0.05, 0) is 55.0 Å². The van der Waals surface area contributed by atoms with Crippen molar-refractivity contribution in [1.82, 2.24) is 9.55 Å². The van der Waals surface area contributed by atoms with Crippen molar-refractivity contribution in [3.8, 4) is 11.5 Å². The van der Waals surface area contributed by atoms with Gasteiger partial charge in [0.25, 0.3) is 5.91 Å². The van der Waals surface area contributed by atoms with Gasteiger partial charge < -0.3 is 20.1 Å². The van der Waals surface area contributed by atoms with E-state index in [1.54, 1.807) is 13.0 Å². The van der Waals surface area contributed by atoms with Gasteiger partial charge in [-0.1, -0.05) is 24.3 Å². The maximum absolute atomic E-state index is 13.7. The highest BCUT2D eigenvalue weighted by atomic mass is 19.4. The van der Waals surface area contributed by atoms with E-state index in [2.05, 4.69) is 15.6 Å². The minimum atomic E-state index is -4.53. The average Bonchev–Trinajstić information content (AvgIpc) is 3.25. The van der Waals surface area contributed by atoms with Gasteiger partial charge in [0.1, 0.15) is 13.2 Å². The molecule has 2 aliphatic heterocycles. The number of carbonyl (C=O) groups excluding carboxylic acids is 1. The zero-order chi connectivity index (χ0) is 25.7. The largest absolute Gasteiger partial charge is 0.486 e. The van der Waals surface area contributed by atoms with Gasteiger partial charge in [-0.15, -0.1) is 0 Å². The van der Waals surface area contributed by atoms with Crippen molar-refractivity contribution in [3.63, 3.8) is 0 Å². The second-order valence-electron chi connectivity index (χ2n) is 8.80. The van der Waals surface area contributed by atoms with Crippen LogP contribution in [0.4, 0.5) is 24.8 Å². The Hall–Kier alpha value is -4.47. The Morgan fingerprint density at radius 3 is 2.62 bits per heavy atom. The highest BCUT2D eigenvalue weighted by Gasteiger charge is 2.35. The number of ether oxygens (including phenoxy) is 2. The highest BCUT2D eigenvalue weighted by molar-refractivity contribution is 6.06. The topological polar surface area (TPSA) is 77.4 Å². The number of alkyl halides is 3. The third-order valence-electron chi connectivity index (χ3n) is 6.41. The van der Waals surface area contributed by atoms with Gasteiger partial charge in [-0.25, -0.2) is 4.98 Å². The predicted molar refractivity (Wildman–Crippen MR) is 132 cm³/mol. The van der Waals surface area contributed by atoms with Crippen LogP contribution < -0.4 is 20.1 Å². The van der Waals surface area contributed by atoms with Crippen molar-refractivity contribution in [2.24, 2.45) is 0 Å². The molecule has 37 heavy (non-hydrogen) atoms. The van der Waals surface area contributed by atoms with E-state index in [9.17, 15) is 18.0 Å². The van der Waals surface area contributed by atoms with E-state index in [-0.39, 0.29) is 5.69 Å². The summed E-state index contributed by atoms with van der Waals surface area (Å²) in [4.78, 5) is 18.4. The molecule has 0 aliphatic carbocycles. The lowest BCUT2D eigenvalue weighted by molar-refractivity contribution is -0.137. The number of hydrogen-bond acceptors (Lipinski definition) is 5. The number of carbonyl (C=O) groups is 1. The fraction of sp³-hybridized carbons (Fsp3) is 0.185. The number of anilines is 2. The third kappa shape index (κ3) is 4.04. The van der Waals surface area contributed by atoms with Crippen LogP contribution in [0.5, 0.6) is 11.5 Å². The third-order valence-corrected chi connectivity index (χ3v) is 6.41. The second-order valence-corrected chi connectivity index (χ2v) is 8.80. The van der Waals surface area contributed by atoms with Crippen molar-refractivity contribution in [2.75, 3.05) is 23.8 Å². The Kier molecular flexibility index (Phi) is 5.32. The number of amides is 1. The van der Waals surface area contributed by atoms with Gasteiger partial charge in [0.15, 0.2) is 11.5 Å². The Balaban J connectivity index is 1.47. The lowest BCUT2D eigenvalue weighted by atomic mass is 9.93. The minimum absolute atomic E-state index is 0.0438. The van der Waals surface area contributed by atoms with Gasteiger partial charge in [0.05, 0.1) is 28.2 Å². The molecule has 1 amide bonds. The number of nitrogens with zero attached hydrogens (tertiary/aromatic N) is 2. The van der Waals surface area contributed by atoms with E-state index < -0.39 is 23.7 Å². The highest BCUT2D eigenvalue weighted by Crippen LogP contribution is 2.42. The molecule has 0 bridgehead atoms. The summed E-state index contributed by atoms with van der Waals surface area (Å²) in [6.07, 6.45) is -4.53. The number of aromatic nitrogens is 2. The van der Waals surface area contributed by atoms with E-state index in [0.717, 1.165) is 28.7 Å². The molecule has 0 fully saturated rings. The first-order valence-electron chi connectivity index (χ1n) is 11.6. The molecule has 3 heterocycles. The van der Waals surface area contributed by atoms with Crippen molar-refractivity contribution in [2.45, 2.75) is 19.1 Å².